The van der Waals surface area contributed by atoms with Crippen LogP contribution in [0.4, 0.5) is 0 Å². The molecule has 0 radical (unpaired) electrons. The van der Waals surface area contributed by atoms with Crippen LogP contribution in [-0.2, 0) is 23.7 Å². The van der Waals surface area contributed by atoms with Crippen LogP contribution in [0.5, 0.6) is 0 Å². The number of nitrogens with zero attached hydrogens (tertiary/aromatic N) is 5. The molecule has 0 bridgehead atoms. The van der Waals surface area contributed by atoms with Gasteiger partial charge in [-0.25, -0.2) is 5.01 Å². The van der Waals surface area contributed by atoms with Crippen molar-refractivity contribution in [3.63, 3.8) is 0 Å². The van der Waals surface area contributed by atoms with E-state index in [9.17, 15) is 9.59 Å². The molecule has 8 heteroatoms. The summed E-state index contributed by atoms with van der Waals surface area (Å²) in [6, 6.07) is 3.69. The third kappa shape index (κ3) is 4.21. The average Bonchev–Trinajstić information content (AvgIpc) is 3.20. The molecule has 2 aromatic rings. The Labute approximate surface area is 167 Å². The van der Waals surface area contributed by atoms with Crippen molar-refractivity contribution < 1.29 is 9.59 Å². The van der Waals surface area contributed by atoms with Crippen molar-refractivity contribution in [2.24, 2.45) is 7.05 Å². The third-order valence-electron chi connectivity index (χ3n) is 4.54. The van der Waals surface area contributed by atoms with Crippen LogP contribution in [0.2, 0.25) is 0 Å². The summed E-state index contributed by atoms with van der Waals surface area (Å²) >= 11 is 3.37. The highest BCUT2D eigenvalue weighted by Crippen LogP contribution is 2.23. The van der Waals surface area contributed by atoms with Gasteiger partial charge in [0.25, 0.3) is 5.91 Å². The van der Waals surface area contributed by atoms with Gasteiger partial charge in [0.15, 0.2) is 0 Å². The van der Waals surface area contributed by atoms with Gasteiger partial charge in [-0.3, -0.25) is 24.3 Å². The second kappa shape index (κ2) is 7.42. The molecule has 1 saturated heterocycles. The van der Waals surface area contributed by atoms with Crippen molar-refractivity contribution in [2.45, 2.75) is 39.0 Å². The number of carbonyl (C=O) groups excluding carboxylic acids is 2. The number of amides is 2. The second-order valence-corrected chi connectivity index (χ2v) is 8.69. The van der Waals surface area contributed by atoms with Gasteiger partial charge in [0.05, 0.1) is 12.1 Å². The highest BCUT2D eigenvalue weighted by molar-refractivity contribution is 9.10. The Bertz CT molecular complexity index is 871. The molecule has 1 aliphatic rings. The number of pyridine rings is 1. The number of aromatic nitrogens is 3. The minimum Gasteiger partial charge on any atom is -0.273 e. The van der Waals surface area contributed by atoms with Crippen molar-refractivity contribution >= 4 is 27.7 Å². The quantitative estimate of drug-likeness (QED) is 0.745. The average molecular weight is 434 g/mol. The molecule has 3 heterocycles. The molecule has 2 aromatic heterocycles. The monoisotopic (exact) mass is 433 g/mol. The Balaban J connectivity index is 1.78. The zero-order valence-electron chi connectivity index (χ0n) is 16.1. The van der Waals surface area contributed by atoms with Crippen LogP contribution in [0, 0.1) is 0 Å². The minimum absolute atomic E-state index is 0.112. The zero-order chi connectivity index (χ0) is 19.8. The largest absolute Gasteiger partial charge is 0.290 e. The van der Waals surface area contributed by atoms with Crippen molar-refractivity contribution in [2.75, 3.05) is 13.1 Å². The molecule has 0 aliphatic carbocycles. The summed E-state index contributed by atoms with van der Waals surface area (Å²) in [6.45, 7) is 7.23. The fraction of sp³-hybridized carbons (Fsp3) is 0.474. The molecule has 27 heavy (non-hydrogen) atoms. The number of hydrazine groups is 1. The highest BCUT2D eigenvalue weighted by Gasteiger charge is 2.33. The number of carbonyl (C=O) groups is 2. The number of hydrogen-bond donors (Lipinski definition) is 0. The second-order valence-electron chi connectivity index (χ2n) is 7.78. The maximum absolute atomic E-state index is 13.1. The van der Waals surface area contributed by atoms with Crippen LogP contribution in [0.15, 0.2) is 29.0 Å². The molecule has 0 atom stereocenters. The summed E-state index contributed by atoms with van der Waals surface area (Å²) in [5.74, 6) is -0.308. The fourth-order valence-corrected chi connectivity index (χ4v) is 3.48. The van der Waals surface area contributed by atoms with Gasteiger partial charge < -0.3 is 0 Å². The fourth-order valence-electron chi connectivity index (χ4n) is 3.07. The molecule has 0 aromatic carbocycles. The van der Waals surface area contributed by atoms with E-state index in [-0.39, 0.29) is 23.7 Å². The normalized spacial score (nSPS) is 14.7. The minimum atomic E-state index is -0.196. The molecule has 1 aliphatic heterocycles. The number of hydrogen-bond acceptors (Lipinski definition) is 4. The van der Waals surface area contributed by atoms with Crippen LogP contribution >= 0.6 is 15.9 Å². The molecular weight excluding hydrogens is 410 g/mol. The van der Waals surface area contributed by atoms with Crippen molar-refractivity contribution in [1.29, 1.82) is 0 Å². The van der Waals surface area contributed by atoms with Crippen LogP contribution in [0.3, 0.4) is 0 Å². The van der Waals surface area contributed by atoms with E-state index in [0.717, 1.165) is 22.2 Å². The zero-order valence-corrected chi connectivity index (χ0v) is 17.7. The molecule has 0 spiro atoms. The van der Waals surface area contributed by atoms with E-state index < -0.39 is 0 Å². The van der Waals surface area contributed by atoms with E-state index in [1.807, 2.05) is 12.1 Å². The number of aryl methyl sites for hydroxylation is 1. The van der Waals surface area contributed by atoms with Gasteiger partial charge in [0.1, 0.15) is 5.69 Å². The Hall–Kier alpha value is -2.22. The predicted octanol–water partition coefficient (Wildman–Crippen LogP) is 2.71. The van der Waals surface area contributed by atoms with Crippen molar-refractivity contribution in [3.8, 4) is 0 Å². The van der Waals surface area contributed by atoms with Crippen LogP contribution < -0.4 is 0 Å². The first-order valence-electron chi connectivity index (χ1n) is 8.93. The van der Waals surface area contributed by atoms with E-state index in [1.165, 1.54) is 5.01 Å². The van der Waals surface area contributed by atoms with Gasteiger partial charge in [-0.15, -0.1) is 0 Å². The lowest BCUT2D eigenvalue weighted by Gasteiger charge is -2.27. The number of halogens is 1. The van der Waals surface area contributed by atoms with E-state index in [1.54, 1.807) is 29.1 Å². The van der Waals surface area contributed by atoms with Gasteiger partial charge in [0, 0.05) is 42.4 Å². The lowest BCUT2D eigenvalue weighted by Crippen LogP contribution is -2.46. The van der Waals surface area contributed by atoms with E-state index in [4.69, 9.17) is 0 Å². The van der Waals surface area contributed by atoms with Gasteiger partial charge in [-0.05, 0) is 40.0 Å². The van der Waals surface area contributed by atoms with Crippen LogP contribution in [0.25, 0.3) is 0 Å². The Kier molecular flexibility index (Phi) is 5.37. The van der Waals surface area contributed by atoms with Gasteiger partial charge in [-0.1, -0.05) is 20.8 Å². The van der Waals surface area contributed by atoms with E-state index >= 15 is 0 Å². The third-order valence-corrected chi connectivity index (χ3v) is 4.97. The van der Waals surface area contributed by atoms with Gasteiger partial charge in [0.2, 0.25) is 5.91 Å². The molecule has 144 valence electrons. The summed E-state index contributed by atoms with van der Waals surface area (Å²) in [7, 11) is 1.76. The maximum atomic E-state index is 13.1. The topological polar surface area (TPSA) is 71.3 Å². The van der Waals surface area contributed by atoms with Crippen LogP contribution in [0.1, 0.15) is 48.9 Å². The summed E-state index contributed by atoms with van der Waals surface area (Å²) in [5.41, 5.74) is 2.00. The molecule has 1 fully saturated rings. The first kappa shape index (κ1) is 19.5. The molecule has 2 amide bonds. The molecule has 0 N–H and O–H groups in total. The lowest BCUT2D eigenvalue weighted by molar-refractivity contribution is -0.139. The molecule has 7 nitrogen and oxygen atoms in total. The Morgan fingerprint density at radius 3 is 2.48 bits per heavy atom. The van der Waals surface area contributed by atoms with Gasteiger partial charge in [-0.2, -0.15) is 5.10 Å². The van der Waals surface area contributed by atoms with E-state index in [0.29, 0.717) is 18.8 Å². The molecule has 3 rings (SSSR count). The lowest BCUT2D eigenvalue weighted by atomic mass is 9.92. The molecular formula is C19H24BrN5O2. The molecule has 0 saturated carbocycles. The molecule has 0 unspecified atom stereocenters. The summed E-state index contributed by atoms with van der Waals surface area (Å²) in [5, 5.41) is 7.56. The van der Waals surface area contributed by atoms with E-state index in [2.05, 4.69) is 46.8 Å². The Morgan fingerprint density at radius 2 is 1.85 bits per heavy atom. The number of rotatable bonds is 3. The smallest absolute Gasteiger partial charge is 0.273 e. The summed E-state index contributed by atoms with van der Waals surface area (Å²) < 4.78 is 2.43. The highest BCUT2D eigenvalue weighted by atomic mass is 79.9. The standard InChI is InChI=1S/C19H24BrN5O2/c1-19(2,3)16-10-15(23(4)22-16)18(27)25-7-5-6-24(25)17(26)9-13-8-14(20)12-21-11-13/h8,10-12H,5-7,9H2,1-4H3. The maximum Gasteiger partial charge on any atom is 0.290 e. The summed E-state index contributed by atoms with van der Waals surface area (Å²) in [4.78, 5) is 30.0. The SMILES string of the molecule is Cn1nc(C(C)(C)C)cc1C(=O)N1CCCN1C(=O)Cc1cncc(Br)c1. The summed E-state index contributed by atoms with van der Waals surface area (Å²) in [6.07, 6.45) is 4.31. The predicted molar refractivity (Wildman–Crippen MR) is 105 cm³/mol. The van der Waals surface area contributed by atoms with Crippen LogP contribution in [-0.4, -0.2) is 49.7 Å². The van der Waals surface area contributed by atoms with Crippen molar-refractivity contribution in [3.05, 3.63) is 46.0 Å². The van der Waals surface area contributed by atoms with Crippen molar-refractivity contribution in [1.82, 2.24) is 24.8 Å². The Morgan fingerprint density at radius 1 is 1.15 bits per heavy atom. The first-order chi connectivity index (χ1) is 12.7. The van der Waals surface area contributed by atoms with Gasteiger partial charge >= 0.3 is 0 Å². The first-order valence-corrected chi connectivity index (χ1v) is 9.72.